The van der Waals surface area contributed by atoms with Crippen LogP contribution in [0.25, 0.3) is 0 Å². The molecule has 128 valence electrons. The molecular formula is C14H18F3N3O3. The molecule has 2 rings (SSSR count). The van der Waals surface area contributed by atoms with Crippen molar-refractivity contribution in [1.29, 1.82) is 0 Å². The fourth-order valence-electron chi connectivity index (χ4n) is 2.37. The normalized spacial score (nSPS) is 14.8. The fourth-order valence-corrected chi connectivity index (χ4v) is 2.37. The summed E-state index contributed by atoms with van der Waals surface area (Å²) in [6.45, 7) is 5.46. The number of halogens is 3. The number of rotatable bonds is 2. The molecule has 2 heterocycles. The van der Waals surface area contributed by atoms with Crippen molar-refractivity contribution in [3.05, 3.63) is 17.0 Å². The summed E-state index contributed by atoms with van der Waals surface area (Å²) in [6, 6.07) is 0. The lowest BCUT2D eigenvalue weighted by Gasteiger charge is -2.24. The maximum Gasteiger partial charge on any atom is 0.433 e. The topological polar surface area (TPSA) is 64.4 Å². The molecule has 23 heavy (non-hydrogen) atoms. The van der Waals surface area contributed by atoms with Crippen LogP contribution >= 0.6 is 0 Å². The highest BCUT2D eigenvalue weighted by Gasteiger charge is 2.43. The minimum Gasteiger partial charge on any atom is -0.444 e. The summed E-state index contributed by atoms with van der Waals surface area (Å²) in [4.78, 5) is 24.3. The zero-order valence-corrected chi connectivity index (χ0v) is 13.3. The van der Waals surface area contributed by atoms with Gasteiger partial charge in [-0.1, -0.05) is 0 Å². The van der Waals surface area contributed by atoms with E-state index in [0.717, 1.165) is 4.90 Å². The molecule has 1 aliphatic heterocycles. The number of ketones is 1. The van der Waals surface area contributed by atoms with Crippen molar-refractivity contribution >= 4 is 11.9 Å². The van der Waals surface area contributed by atoms with Gasteiger partial charge in [-0.05, 0) is 27.7 Å². The second-order valence-corrected chi connectivity index (χ2v) is 6.47. The molecule has 1 aromatic heterocycles. The maximum atomic E-state index is 13.3. The van der Waals surface area contributed by atoms with Crippen LogP contribution in [-0.2, 0) is 35.3 Å². The van der Waals surface area contributed by atoms with Crippen molar-refractivity contribution in [2.24, 2.45) is 0 Å². The summed E-state index contributed by atoms with van der Waals surface area (Å²) in [6.07, 6.45) is -5.35. The van der Waals surface area contributed by atoms with Gasteiger partial charge in [0.1, 0.15) is 11.3 Å². The van der Waals surface area contributed by atoms with Crippen LogP contribution in [0.4, 0.5) is 18.0 Å². The molecule has 0 saturated carbocycles. The summed E-state index contributed by atoms with van der Waals surface area (Å²) in [7, 11) is 0. The first-order valence-electron chi connectivity index (χ1n) is 7.01. The van der Waals surface area contributed by atoms with Crippen molar-refractivity contribution in [2.45, 2.75) is 59.1 Å². The van der Waals surface area contributed by atoms with Gasteiger partial charge in [-0.25, -0.2) is 4.79 Å². The number of nitrogens with zero attached hydrogens (tertiary/aromatic N) is 3. The molecule has 0 fully saturated rings. The Labute approximate surface area is 131 Å². The van der Waals surface area contributed by atoms with Gasteiger partial charge >= 0.3 is 12.3 Å². The Morgan fingerprint density at radius 3 is 2.30 bits per heavy atom. The van der Waals surface area contributed by atoms with E-state index in [2.05, 4.69) is 5.10 Å². The van der Waals surface area contributed by atoms with Crippen molar-refractivity contribution < 1.29 is 27.5 Å². The van der Waals surface area contributed by atoms with E-state index in [4.69, 9.17) is 4.74 Å². The van der Waals surface area contributed by atoms with Crippen molar-refractivity contribution in [3.63, 3.8) is 0 Å². The van der Waals surface area contributed by atoms with E-state index < -0.39 is 35.9 Å². The smallest absolute Gasteiger partial charge is 0.433 e. The Morgan fingerprint density at radius 2 is 1.83 bits per heavy atom. The average Bonchev–Trinajstić information content (AvgIpc) is 2.80. The molecule has 0 N–H and O–H groups in total. The van der Waals surface area contributed by atoms with Gasteiger partial charge in [0, 0.05) is 5.56 Å². The molecule has 0 spiro atoms. The molecule has 9 heteroatoms. The molecule has 0 unspecified atom stereocenters. The van der Waals surface area contributed by atoms with Crippen molar-refractivity contribution in [2.75, 3.05) is 0 Å². The molecule has 1 aromatic rings. The SMILES string of the molecule is CC(=O)Cn1nc2c(c1C(F)(F)F)CN(C(=O)OC(C)(C)C)C2. The highest BCUT2D eigenvalue weighted by atomic mass is 19.4. The molecule has 0 aromatic carbocycles. The first kappa shape index (κ1) is 17.3. The zero-order chi connectivity index (χ0) is 17.6. The fraction of sp³-hybridized carbons (Fsp3) is 0.643. The highest BCUT2D eigenvalue weighted by Crippen LogP contribution is 2.37. The predicted octanol–water partition coefficient (Wildman–Crippen LogP) is 2.74. The standard InChI is InChI=1S/C14H18F3N3O3/c1-8(21)5-20-11(14(15,16)17)9-6-19(7-10(9)18-20)12(22)23-13(2,3)4/h5-7H2,1-4H3. The zero-order valence-electron chi connectivity index (χ0n) is 13.3. The first-order valence-corrected chi connectivity index (χ1v) is 7.01. The molecule has 0 radical (unpaired) electrons. The Hall–Kier alpha value is -2.06. The minimum absolute atomic E-state index is 0.0712. The molecule has 0 aliphatic carbocycles. The third-order valence-corrected chi connectivity index (χ3v) is 3.12. The average molecular weight is 333 g/mol. The third kappa shape index (κ3) is 3.83. The summed E-state index contributed by atoms with van der Waals surface area (Å²) in [5.41, 5.74) is -1.65. The van der Waals surface area contributed by atoms with E-state index in [0.29, 0.717) is 4.68 Å². The van der Waals surface area contributed by atoms with Gasteiger partial charge in [0.2, 0.25) is 0 Å². The Morgan fingerprint density at radius 1 is 1.22 bits per heavy atom. The Bertz CT molecular complexity index is 644. The number of Topliss-reactive ketones (excluding diaryl/α,β-unsaturated/α-hetero) is 1. The lowest BCUT2D eigenvalue weighted by molar-refractivity contribution is -0.145. The van der Waals surface area contributed by atoms with Crippen LogP contribution in [0.15, 0.2) is 0 Å². The summed E-state index contributed by atoms with van der Waals surface area (Å²) < 4.78 is 45.7. The van der Waals surface area contributed by atoms with Gasteiger partial charge in [0.05, 0.1) is 25.3 Å². The van der Waals surface area contributed by atoms with Gasteiger partial charge in [0.25, 0.3) is 0 Å². The van der Waals surface area contributed by atoms with Crippen LogP contribution in [0.3, 0.4) is 0 Å². The number of amides is 1. The number of carbonyl (C=O) groups is 2. The molecule has 0 bridgehead atoms. The maximum absolute atomic E-state index is 13.3. The molecular weight excluding hydrogens is 315 g/mol. The van der Waals surface area contributed by atoms with Crippen LogP contribution in [0.2, 0.25) is 0 Å². The van der Waals surface area contributed by atoms with E-state index in [1.165, 1.54) is 6.92 Å². The monoisotopic (exact) mass is 333 g/mol. The Balaban J connectivity index is 2.29. The van der Waals surface area contributed by atoms with E-state index in [-0.39, 0.29) is 24.3 Å². The van der Waals surface area contributed by atoms with Crippen molar-refractivity contribution in [3.8, 4) is 0 Å². The highest BCUT2D eigenvalue weighted by molar-refractivity contribution is 5.75. The molecule has 1 aliphatic rings. The molecule has 6 nitrogen and oxygen atoms in total. The second-order valence-electron chi connectivity index (χ2n) is 6.47. The molecule has 0 atom stereocenters. The number of hydrogen-bond acceptors (Lipinski definition) is 4. The number of carbonyl (C=O) groups excluding carboxylic acids is 2. The summed E-state index contributed by atoms with van der Waals surface area (Å²) >= 11 is 0. The van der Waals surface area contributed by atoms with Crippen molar-refractivity contribution in [1.82, 2.24) is 14.7 Å². The molecule has 0 saturated heterocycles. The largest absolute Gasteiger partial charge is 0.444 e. The Kier molecular flexibility index (Phi) is 4.16. The summed E-state index contributed by atoms with van der Waals surface area (Å²) in [5, 5.41) is 3.85. The first-order chi connectivity index (χ1) is 10.4. The van der Waals surface area contributed by atoms with E-state index in [1.807, 2.05) is 0 Å². The van der Waals surface area contributed by atoms with Crippen LogP contribution in [0, 0.1) is 0 Å². The van der Waals surface area contributed by atoms with Crippen LogP contribution in [0.1, 0.15) is 44.6 Å². The molecule has 1 amide bonds. The third-order valence-electron chi connectivity index (χ3n) is 3.12. The quantitative estimate of drug-likeness (QED) is 0.835. The van der Waals surface area contributed by atoms with E-state index in [9.17, 15) is 22.8 Å². The predicted molar refractivity (Wildman–Crippen MR) is 73.4 cm³/mol. The van der Waals surface area contributed by atoms with Gasteiger partial charge in [0.15, 0.2) is 5.78 Å². The second kappa shape index (κ2) is 5.54. The lowest BCUT2D eigenvalue weighted by atomic mass is 10.2. The lowest BCUT2D eigenvalue weighted by Crippen LogP contribution is -2.34. The minimum atomic E-state index is -4.65. The van der Waals surface area contributed by atoms with Gasteiger partial charge in [-0.3, -0.25) is 14.4 Å². The number of aromatic nitrogens is 2. The number of fused-ring (bicyclic) bond motifs is 1. The van der Waals surface area contributed by atoms with Gasteiger partial charge < -0.3 is 4.74 Å². The van der Waals surface area contributed by atoms with E-state index in [1.54, 1.807) is 20.8 Å². The number of ether oxygens (including phenoxy) is 1. The van der Waals surface area contributed by atoms with Gasteiger partial charge in [-0.15, -0.1) is 0 Å². The van der Waals surface area contributed by atoms with Crippen LogP contribution < -0.4 is 0 Å². The number of alkyl halides is 3. The van der Waals surface area contributed by atoms with E-state index >= 15 is 0 Å². The van der Waals surface area contributed by atoms with Gasteiger partial charge in [-0.2, -0.15) is 18.3 Å². The number of hydrogen-bond donors (Lipinski definition) is 0. The van der Waals surface area contributed by atoms with Crippen LogP contribution in [0.5, 0.6) is 0 Å². The summed E-state index contributed by atoms with van der Waals surface area (Å²) in [5.74, 6) is -0.430. The van der Waals surface area contributed by atoms with Crippen LogP contribution in [-0.4, -0.2) is 32.2 Å².